The average Bonchev–Trinajstić information content (AvgIpc) is 2.30. The highest BCUT2D eigenvalue weighted by Crippen LogP contribution is 2.22. The molecule has 0 spiro atoms. The van der Waals surface area contributed by atoms with Crippen molar-refractivity contribution in [1.29, 1.82) is 0 Å². The third-order valence-electron chi connectivity index (χ3n) is 3.29. The van der Waals surface area contributed by atoms with E-state index in [2.05, 4.69) is 38.1 Å². The first-order chi connectivity index (χ1) is 8.04. The van der Waals surface area contributed by atoms with E-state index in [1.165, 1.54) is 17.5 Å². The first-order valence-electron chi connectivity index (χ1n) is 6.57. The first-order valence-corrected chi connectivity index (χ1v) is 6.57. The number of aliphatic hydroxyl groups excluding tert-OH is 1. The van der Waals surface area contributed by atoms with Crippen molar-refractivity contribution in [3.8, 4) is 0 Å². The van der Waals surface area contributed by atoms with E-state index in [0.29, 0.717) is 5.92 Å². The minimum Gasteiger partial charge on any atom is -0.392 e. The molecule has 17 heavy (non-hydrogen) atoms. The van der Waals surface area contributed by atoms with Crippen LogP contribution in [-0.4, -0.2) is 17.3 Å². The lowest BCUT2D eigenvalue weighted by molar-refractivity contribution is 0.134. The van der Waals surface area contributed by atoms with Crippen molar-refractivity contribution < 1.29 is 5.11 Å². The maximum Gasteiger partial charge on any atom is 0.0694 e. The second-order valence-corrected chi connectivity index (χ2v) is 5.05. The fourth-order valence-electron chi connectivity index (χ4n) is 2.01. The number of rotatable bonds is 6. The zero-order chi connectivity index (χ0) is 12.8. The summed E-state index contributed by atoms with van der Waals surface area (Å²) in [5.74, 6) is 0.353. The molecule has 0 bridgehead atoms. The van der Waals surface area contributed by atoms with Gasteiger partial charge in [-0.2, -0.15) is 0 Å². The minimum atomic E-state index is -0.416. The van der Waals surface area contributed by atoms with Gasteiger partial charge in [-0.05, 0) is 36.8 Å². The third-order valence-corrected chi connectivity index (χ3v) is 3.29. The van der Waals surface area contributed by atoms with Crippen LogP contribution in [0.4, 0.5) is 0 Å². The van der Waals surface area contributed by atoms with E-state index < -0.39 is 6.10 Å². The summed E-state index contributed by atoms with van der Waals surface area (Å²) in [7, 11) is 0. The Morgan fingerprint density at radius 3 is 2.24 bits per heavy atom. The molecule has 3 unspecified atom stereocenters. The molecule has 2 nitrogen and oxygen atoms in total. The maximum atomic E-state index is 9.77. The average molecular weight is 235 g/mol. The fourth-order valence-corrected chi connectivity index (χ4v) is 2.01. The smallest absolute Gasteiger partial charge is 0.0694 e. The Balaban J connectivity index is 2.60. The van der Waals surface area contributed by atoms with Crippen LogP contribution in [0.1, 0.15) is 50.7 Å². The molecule has 3 N–H and O–H groups in total. The zero-order valence-corrected chi connectivity index (χ0v) is 11.2. The van der Waals surface area contributed by atoms with Crippen LogP contribution in [-0.2, 0) is 6.42 Å². The first kappa shape index (κ1) is 14.2. The van der Waals surface area contributed by atoms with Gasteiger partial charge in [0.05, 0.1) is 6.10 Å². The van der Waals surface area contributed by atoms with Crippen molar-refractivity contribution in [3.05, 3.63) is 35.4 Å². The number of hydrogen-bond acceptors (Lipinski definition) is 2. The summed E-state index contributed by atoms with van der Waals surface area (Å²) < 4.78 is 0. The molecule has 1 rings (SSSR count). The second-order valence-electron chi connectivity index (χ2n) is 5.05. The van der Waals surface area contributed by atoms with Gasteiger partial charge in [-0.15, -0.1) is 0 Å². The van der Waals surface area contributed by atoms with Gasteiger partial charge in [0.2, 0.25) is 0 Å². The molecule has 1 aromatic carbocycles. The fraction of sp³-hybridized carbons (Fsp3) is 0.600. The molecule has 96 valence electrons. The van der Waals surface area contributed by atoms with Gasteiger partial charge in [-0.1, -0.05) is 44.5 Å². The van der Waals surface area contributed by atoms with Crippen LogP contribution >= 0.6 is 0 Å². The van der Waals surface area contributed by atoms with Crippen LogP contribution in [0.15, 0.2) is 24.3 Å². The van der Waals surface area contributed by atoms with E-state index in [9.17, 15) is 5.11 Å². The highest BCUT2D eigenvalue weighted by Gasteiger charge is 2.15. The standard InChI is InChI=1S/C15H25NO/c1-4-5-13-6-8-14(9-7-13)11(2)10-15(17)12(3)16/h6-9,11-12,15,17H,4-5,10,16H2,1-3H3. The quantitative estimate of drug-likeness (QED) is 0.796. The summed E-state index contributed by atoms with van der Waals surface area (Å²) in [5.41, 5.74) is 8.34. The SMILES string of the molecule is CCCc1ccc(C(C)CC(O)C(C)N)cc1. The Labute approximate surface area is 105 Å². The van der Waals surface area contributed by atoms with Crippen molar-refractivity contribution >= 4 is 0 Å². The largest absolute Gasteiger partial charge is 0.392 e. The summed E-state index contributed by atoms with van der Waals surface area (Å²) in [6.07, 6.45) is 2.63. The van der Waals surface area contributed by atoms with Gasteiger partial charge in [0, 0.05) is 6.04 Å². The van der Waals surface area contributed by atoms with Gasteiger partial charge in [0.1, 0.15) is 0 Å². The van der Waals surface area contributed by atoms with Crippen molar-refractivity contribution in [3.63, 3.8) is 0 Å². The van der Waals surface area contributed by atoms with E-state index in [1.54, 1.807) is 0 Å². The summed E-state index contributed by atoms with van der Waals surface area (Å²) in [6.45, 7) is 6.18. The predicted molar refractivity (Wildman–Crippen MR) is 73.1 cm³/mol. The van der Waals surface area contributed by atoms with E-state index in [4.69, 9.17) is 5.73 Å². The Morgan fingerprint density at radius 1 is 1.18 bits per heavy atom. The van der Waals surface area contributed by atoms with Gasteiger partial charge in [-0.25, -0.2) is 0 Å². The molecule has 0 amide bonds. The maximum absolute atomic E-state index is 9.77. The Hall–Kier alpha value is -0.860. The molecule has 0 aromatic heterocycles. The Morgan fingerprint density at radius 2 is 1.76 bits per heavy atom. The number of hydrogen-bond donors (Lipinski definition) is 2. The van der Waals surface area contributed by atoms with Crippen LogP contribution < -0.4 is 5.73 Å². The van der Waals surface area contributed by atoms with Gasteiger partial charge in [-0.3, -0.25) is 0 Å². The van der Waals surface area contributed by atoms with E-state index in [1.807, 2.05) is 6.92 Å². The van der Waals surface area contributed by atoms with E-state index in [0.717, 1.165) is 12.8 Å². The molecular formula is C15H25NO. The molecule has 0 aliphatic heterocycles. The number of nitrogens with two attached hydrogens (primary N) is 1. The van der Waals surface area contributed by atoms with Gasteiger partial charge < -0.3 is 10.8 Å². The lowest BCUT2D eigenvalue weighted by atomic mass is 9.92. The monoisotopic (exact) mass is 235 g/mol. The third kappa shape index (κ3) is 4.49. The predicted octanol–water partition coefficient (Wildman–Crippen LogP) is 2.84. The summed E-state index contributed by atoms with van der Waals surface area (Å²) in [6, 6.07) is 8.56. The highest BCUT2D eigenvalue weighted by atomic mass is 16.3. The molecule has 0 saturated carbocycles. The number of benzene rings is 1. The normalized spacial score (nSPS) is 16.5. The zero-order valence-electron chi connectivity index (χ0n) is 11.2. The summed E-state index contributed by atoms with van der Waals surface area (Å²) in [4.78, 5) is 0. The lowest BCUT2D eigenvalue weighted by Gasteiger charge is -2.19. The van der Waals surface area contributed by atoms with Crippen LogP contribution in [0.5, 0.6) is 0 Å². The molecule has 0 aliphatic carbocycles. The van der Waals surface area contributed by atoms with Crippen molar-refractivity contribution in [2.75, 3.05) is 0 Å². The Bertz CT molecular complexity index is 318. The van der Waals surface area contributed by atoms with Gasteiger partial charge >= 0.3 is 0 Å². The highest BCUT2D eigenvalue weighted by molar-refractivity contribution is 5.25. The van der Waals surface area contributed by atoms with E-state index >= 15 is 0 Å². The lowest BCUT2D eigenvalue weighted by Crippen LogP contribution is -2.32. The molecule has 0 fully saturated rings. The molecule has 1 aromatic rings. The molecule has 0 saturated heterocycles. The Kier molecular flexibility index (Phi) is 5.66. The van der Waals surface area contributed by atoms with Crippen LogP contribution in [0.2, 0.25) is 0 Å². The molecule has 0 heterocycles. The van der Waals surface area contributed by atoms with Crippen LogP contribution in [0.3, 0.4) is 0 Å². The minimum absolute atomic E-state index is 0.156. The van der Waals surface area contributed by atoms with Crippen LogP contribution in [0, 0.1) is 0 Å². The van der Waals surface area contributed by atoms with Crippen LogP contribution in [0.25, 0.3) is 0 Å². The molecular weight excluding hydrogens is 210 g/mol. The van der Waals surface area contributed by atoms with Gasteiger partial charge in [0.15, 0.2) is 0 Å². The van der Waals surface area contributed by atoms with Gasteiger partial charge in [0.25, 0.3) is 0 Å². The van der Waals surface area contributed by atoms with Crippen molar-refractivity contribution in [2.45, 2.75) is 58.1 Å². The molecule has 0 radical (unpaired) electrons. The summed E-state index contributed by atoms with van der Waals surface area (Å²) in [5, 5.41) is 9.77. The summed E-state index contributed by atoms with van der Waals surface area (Å²) >= 11 is 0. The van der Waals surface area contributed by atoms with E-state index in [-0.39, 0.29) is 6.04 Å². The number of aliphatic hydroxyl groups is 1. The van der Waals surface area contributed by atoms with Crippen molar-refractivity contribution in [1.82, 2.24) is 0 Å². The second kappa shape index (κ2) is 6.77. The topological polar surface area (TPSA) is 46.2 Å². The molecule has 2 heteroatoms. The molecule has 0 aliphatic rings. The molecule has 3 atom stereocenters. The van der Waals surface area contributed by atoms with Crippen molar-refractivity contribution in [2.24, 2.45) is 5.73 Å². The number of aryl methyl sites for hydroxylation is 1.